The Morgan fingerprint density at radius 3 is 2.78 bits per heavy atom. The number of aliphatic hydroxyl groups excluding tert-OH is 1. The normalized spacial score (nSPS) is 13.5. The molecule has 1 amide bonds. The first kappa shape index (κ1) is 15.2. The molecule has 3 rings (SSSR count). The van der Waals surface area contributed by atoms with Crippen molar-refractivity contribution in [3.63, 3.8) is 0 Å². The van der Waals surface area contributed by atoms with E-state index in [-0.39, 0.29) is 18.3 Å². The van der Waals surface area contributed by atoms with Gasteiger partial charge < -0.3 is 14.7 Å². The molecule has 23 heavy (non-hydrogen) atoms. The lowest BCUT2D eigenvalue weighted by molar-refractivity contribution is -0.121. The highest BCUT2D eigenvalue weighted by molar-refractivity contribution is 6.02. The van der Waals surface area contributed by atoms with Crippen LogP contribution in [0.3, 0.4) is 0 Å². The molecular weight excluding hydrogens is 294 g/mol. The number of fused-ring (bicyclic) bond motifs is 1. The highest BCUT2D eigenvalue weighted by atomic mass is 16.5. The molecule has 0 atom stereocenters. The number of nitrogens with zero attached hydrogens (tertiary/aromatic N) is 1. The smallest absolute Gasteiger partial charge is 0.265 e. The minimum atomic E-state index is -0.564. The van der Waals surface area contributed by atoms with Crippen LogP contribution in [-0.2, 0) is 11.3 Å². The largest absolute Gasteiger partial charge is 0.482 e. The number of ketones is 1. The van der Waals surface area contributed by atoms with Crippen molar-refractivity contribution in [3.8, 4) is 5.75 Å². The number of carbonyl (C=O) groups is 2. The Labute approximate surface area is 134 Å². The predicted octanol–water partition coefficient (Wildman–Crippen LogP) is 2.10. The monoisotopic (exact) mass is 311 g/mol. The lowest BCUT2D eigenvalue weighted by atomic mass is 10.1. The lowest BCUT2D eigenvalue weighted by Gasteiger charge is -2.30. The third-order valence-electron chi connectivity index (χ3n) is 3.96. The molecule has 0 spiro atoms. The molecule has 0 bridgehead atoms. The Morgan fingerprint density at radius 1 is 1.26 bits per heavy atom. The molecule has 1 aliphatic rings. The number of aryl methyl sites for hydroxylation is 1. The fraction of sp³-hybridized carbons (Fsp3) is 0.222. The molecule has 1 aliphatic heterocycles. The number of benzene rings is 2. The maximum absolute atomic E-state index is 12.3. The fourth-order valence-electron chi connectivity index (χ4n) is 2.60. The van der Waals surface area contributed by atoms with Gasteiger partial charge in [-0.2, -0.15) is 0 Å². The molecule has 0 aromatic heterocycles. The van der Waals surface area contributed by atoms with Gasteiger partial charge in [0.05, 0.1) is 12.2 Å². The summed E-state index contributed by atoms with van der Waals surface area (Å²) < 4.78 is 5.44. The van der Waals surface area contributed by atoms with Crippen molar-refractivity contribution < 1.29 is 19.4 Å². The second-order valence-electron chi connectivity index (χ2n) is 5.46. The van der Waals surface area contributed by atoms with Gasteiger partial charge in [-0.25, -0.2) is 0 Å². The van der Waals surface area contributed by atoms with Gasteiger partial charge in [0.1, 0.15) is 12.4 Å². The van der Waals surface area contributed by atoms with Crippen LogP contribution in [0, 0.1) is 6.92 Å². The van der Waals surface area contributed by atoms with Crippen LogP contribution in [0.1, 0.15) is 21.5 Å². The Hall–Kier alpha value is -2.66. The molecule has 0 saturated carbocycles. The van der Waals surface area contributed by atoms with E-state index in [4.69, 9.17) is 9.84 Å². The van der Waals surface area contributed by atoms with E-state index >= 15 is 0 Å². The van der Waals surface area contributed by atoms with Crippen LogP contribution < -0.4 is 9.64 Å². The summed E-state index contributed by atoms with van der Waals surface area (Å²) in [6, 6.07) is 12.7. The predicted molar refractivity (Wildman–Crippen MR) is 85.7 cm³/mol. The average molecular weight is 311 g/mol. The van der Waals surface area contributed by atoms with Crippen molar-refractivity contribution in [2.75, 3.05) is 18.1 Å². The zero-order chi connectivity index (χ0) is 16.4. The standard InChI is InChI=1S/C18H17NO4/c1-12-4-2-3-5-14(12)9-19-15-8-13(16(21)10-20)6-7-17(15)23-11-18(19)22/h2-8,20H,9-11H2,1H3. The number of carbonyl (C=O) groups excluding carboxylic acids is 2. The highest BCUT2D eigenvalue weighted by Crippen LogP contribution is 2.34. The summed E-state index contributed by atoms with van der Waals surface area (Å²) in [5.74, 6) is 0.0173. The van der Waals surface area contributed by atoms with E-state index in [1.807, 2.05) is 31.2 Å². The van der Waals surface area contributed by atoms with E-state index in [2.05, 4.69) is 0 Å². The van der Waals surface area contributed by atoms with E-state index < -0.39 is 6.61 Å². The summed E-state index contributed by atoms with van der Waals surface area (Å²) in [4.78, 5) is 25.6. The molecule has 0 radical (unpaired) electrons. The van der Waals surface area contributed by atoms with Gasteiger partial charge in [-0.1, -0.05) is 24.3 Å². The first-order valence-corrected chi connectivity index (χ1v) is 7.36. The second-order valence-corrected chi connectivity index (χ2v) is 5.46. The zero-order valence-electron chi connectivity index (χ0n) is 12.8. The quantitative estimate of drug-likeness (QED) is 0.878. The van der Waals surface area contributed by atoms with Crippen molar-refractivity contribution in [1.29, 1.82) is 0 Å². The zero-order valence-corrected chi connectivity index (χ0v) is 12.8. The van der Waals surface area contributed by atoms with Crippen molar-refractivity contribution >= 4 is 17.4 Å². The summed E-state index contributed by atoms with van der Waals surface area (Å²) in [6.45, 7) is 1.82. The fourth-order valence-corrected chi connectivity index (χ4v) is 2.60. The van der Waals surface area contributed by atoms with Crippen LogP contribution in [0.4, 0.5) is 5.69 Å². The van der Waals surface area contributed by atoms with E-state index in [0.717, 1.165) is 11.1 Å². The van der Waals surface area contributed by atoms with Gasteiger partial charge in [-0.05, 0) is 36.2 Å². The second kappa shape index (κ2) is 6.22. The molecule has 1 heterocycles. The minimum absolute atomic E-state index is 0.0217. The number of anilines is 1. The van der Waals surface area contributed by atoms with Crippen LogP contribution >= 0.6 is 0 Å². The lowest BCUT2D eigenvalue weighted by Crippen LogP contribution is -2.38. The first-order chi connectivity index (χ1) is 11.1. The van der Waals surface area contributed by atoms with Crippen LogP contribution in [0.5, 0.6) is 5.75 Å². The third-order valence-corrected chi connectivity index (χ3v) is 3.96. The van der Waals surface area contributed by atoms with E-state index in [1.165, 1.54) is 0 Å². The molecule has 0 unspecified atom stereocenters. The van der Waals surface area contributed by atoms with E-state index in [0.29, 0.717) is 23.5 Å². The van der Waals surface area contributed by atoms with Gasteiger partial charge in [0.15, 0.2) is 12.4 Å². The van der Waals surface area contributed by atoms with Gasteiger partial charge >= 0.3 is 0 Å². The summed E-state index contributed by atoms with van der Waals surface area (Å²) in [7, 11) is 0. The number of hydrogen-bond donors (Lipinski definition) is 1. The number of aliphatic hydroxyl groups is 1. The number of hydrogen-bond acceptors (Lipinski definition) is 4. The third kappa shape index (κ3) is 2.96. The molecule has 118 valence electrons. The minimum Gasteiger partial charge on any atom is -0.482 e. The van der Waals surface area contributed by atoms with Crippen LogP contribution in [0.15, 0.2) is 42.5 Å². The number of amides is 1. The maximum atomic E-state index is 12.3. The first-order valence-electron chi connectivity index (χ1n) is 7.36. The SMILES string of the molecule is Cc1ccccc1CN1C(=O)COc2ccc(C(=O)CO)cc21. The van der Waals surface area contributed by atoms with Crippen LogP contribution in [0.2, 0.25) is 0 Å². The molecule has 0 aliphatic carbocycles. The Bertz CT molecular complexity index is 769. The van der Waals surface area contributed by atoms with Gasteiger partial charge in [-0.3, -0.25) is 9.59 Å². The Kier molecular flexibility index (Phi) is 4.12. The van der Waals surface area contributed by atoms with Crippen molar-refractivity contribution in [2.45, 2.75) is 13.5 Å². The molecule has 1 N–H and O–H groups in total. The Morgan fingerprint density at radius 2 is 2.04 bits per heavy atom. The Balaban J connectivity index is 2.00. The van der Waals surface area contributed by atoms with E-state index in [1.54, 1.807) is 23.1 Å². The van der Waals surface area contributed by atoms with E-state index in [9.17, 15) is 9.59 Å². The van der Waals surface area contributed by atoms with Gasteiger partial charge in [0, 0.05) is 5.56 Å². The van der Waals surface area contributed by atoms with Gasteiger partial charge in [-0.15, -0.1) is 0 Å². The molecule has 2 aromatic carbocycles. The summed E-state index contributed by atoms with van der Waals surface area (Å²) in [5, 5.41) is 9.02. The topological polar surface area (TPSA) is 66.8 Å². The van der Waals surface area contributed by atoms with Gasteiger partial charge in [0.25, 0.3) is 5.91 Å². The molecule has 5 nitrogen and oxygen atoms in total. The number of rotatable bonds is 4. The van der Waals surface area contributed by atoms with Crippen molar-refractivity contribution in [2.24, 2.45) is 0 Å². The summed E-state index contributed by atoms with van der Waals surface area (Å²) in [5.41, 5.74) is 3.05. The maximum Gasteiger partial charge on any atom is 0.265 e. The highest BCUT2D eigenvalue weighted by Gasteiger charge is 2.26. The van der Waals surface area contributed by atoms with Crippen molar-refractivity contribution in [3.05, 3.63) is 59.2 Å². The summed E-state index contributed by atoms with van der Waals surface area (Å²) in [6.07, 6.45) is 0. The van der Waals surface area contributed by atoms with Crippen LogP contribution in [0.25, 0.3) is 0 Å². The van der Waals surface area contributed by atoms with Crippen molar-refractivity contribution in [1.82, 2.24) is 0 Å². The number of ether oxygens (including phenoxy) is 1. The molecule has 5 heteroatoms. The average Bonchev–Trinajstić information content (AvgIpc) is 2.58. The summed E-state index contributed by atoms with van der Waals surface area (Å²) >= 11 is 0. The molecule has 0 fully saturated rings. The van der Waals surface area contributed by atoms with Crippen LogP contribution in [-0.4, -0.2) is 30.0 Å². The number of Topliss-reactive ketones (excluding diaryl/α,β-unsaturated/α-hetero) is 1. The molecule has 0 saturated heterocycles. The molecular formula is C18H17NO4. The van der Waals surface area contributed by atoms with Gasteiger partial charge in [0.2, 0.25) is 0 Å². The molecule has 2 aromatic rings.